The molecule has 0 saturated carbocycles. The van der Waals surface area contributed by atoms with E-state index in [1.54, 1.807) is 0 Å². The molecule has 0 fully saturated rings. The zero-order valence-corrected chi connectivity index (χ0v) is 9.78. The van der Waals surface area contributed by atoms with Gasteiger partial charge in [-0.3, -0.25) is 0 Å². The molecule has 86 valence electrons. The fourth-order valence-electron chi connectivity index (χ4n) is 0.998. The van der Waals surface area contributed by atoms with Gasteiger partial charge in [0.2, 0.25) is 0 Å². The van der Waals surface area contributed by atoms with Gasteiger partial charge in [0, 0.05) is 12.5 Å². The van der Waals surface area contributed by atoms with Crippen LogP contribution in [-0.4, -0.2) is 21.8 Å². The lowest BCUT2D eigenvalue weighted by molar-refractivity contribution is -0.0260. The molecule has 0 aliphatic carbocycles. The summed E-state index contributed by atoms with van der Waals surface area (Å²) >= 11 is 0. The molecular weight excluding hydrogens is 194 g/mol. The molecule has 1 rings (SSSR count). The Bertz CT molecular complexity index is 302. The Kier molecular flexibility index (Phi) is 3.82. The summed E-state index contributed by atoms with van der Waals surface area (Å²) in [4.78, 5) is 4.17. The van der Waals surface area contributed by atoms with Gasteiger partial charge in [0.05, 0.1) is 5.60 Å². The van der Waals surface area contributed by atoms with Crippen LogP contribution >= 0.6 is 0 Å². The van der Waals surface area contributed by atoms with Crippen molar-refractivity contribution in [2.75, 3.05) is 0 Å². The van der Waals surface area contributed by atoms with E-state index < -0.39 is 0 Å². The van der Waals surface area contributed by atoms with Gasteiger partial charge in [-0.15, -0.1) is 0 Å². The van der Waals surface area contributed by atoms with Gasteiger partial charge in [-0.1, -0.05) is 5.16 Å². The number of aromatic nitrogens is 2. The molecule has 0 bridgehead atoms. The van der Waals surface area contributed by atoms with Crippen molar-refractivity contribution in [2.45, 2.75) is 52.4 Å². The van der Waals surface area contributed by atoms with Crippen LogP contribution in [0, 0.1) is 0 Å². The quantitative estimate of drug-likeness (QED) is 0.815. The standard InChI is InChI=1S/C10H19N3O2/c1-7(11)5-8-12-9(15-13-8)6-14-10(2,3)4/h7H,5-6,11H2,1-4H3. The highest BCUT2D eigenvalue weighted by molar-refractivity contribution is 4.87. The molecule has 1 heterocycles. The van der Waals surface area contributed by atoms with Crippen LogP contribution in [0.5, 0.6) is 0 Å². The Morgan fingerprint density at radius 1 is 1.47 bits per heavy atom. The Hall–Kier alpha value is -0.940. The lowest BCUT2D eigenvalue weighted by Crippen LogP contribution is -2.19. The maximum absolute atomic E-state index is 5.62. The number of hydrogen-bond acceptors (Lipinski definition) is 5. The first-order valence-corrected chi connectivity index (χ1v) is 5.08. The minimum absolute atomic E-state index is 0.0407. The molecule has 0 aromatic carbocycles. The number of nitrogens with zero attached hydrogens (tertiary/aromatic N) is 2. The van der Waals surface area contributed by atoms with Crippen molar-refractivity contribution in [1.82, 2.24) is 10.1 Å². The second-order valence-corrected chi connectivity index (χ2v) is 4.69. The average molecular weight is 213 g/mol. The molecule has 2 N–H and O–H groups in total. The van der Waals surface area contributed by atoms with E-state index >= 15 is 0 Å². The van der Waals surface area contributed by atoms with Gasteiger partial charge in [0.15, 0.2) is 5.82 Å². The number of hydrogen-bond donors (Lipinski definition) is 1. The summed E-state index contributed by atoms with van der Waals surface area (Å²) in [6.45, 7) is 8.18. The second-order valence-electron chi connectivity index (χ2n) is 4.69. The zero-order valence-electron chi connectivity index (χ0n) is 9.78. The SMILES string of the molecule is CC(N)Cc1noc(COC(C)(C)C)n1. The Labute approximate surface area is 90.0 Å². The lowest BCUT2D eigenvalue weighted by atomic mass is 10.2. The first-order valence-electron chi connectivity index (χ1n) is 5.08. The number of ether oxygens (including phenoxy) is 1. The van der Waals surface area contributed by atoms with Crippen LogP contribution in [0.15, 0.2) is 4.52 Å². The monoisotopic (exact) mass is 213 g/mol. The fraction of sp³-hybridized carbons (Fsp3) is 0.800. The topological polar surface area (TPSA) is 74.2 Å². The third kappa shape index (κ3) is 4.90. The maximum Gasteiger partial charge on any atom is 0.252 e. The van der Waals surface area contributed by atoms with Crippen LogP contribution in [0.1, 0.15) is 39.4 Å². The number of rotatable bonds is 4. The van der Waals surface area contributed by atoms with E-state index in [0.717, 1.165) is 0 Å². The fourth-order valence-corrected chi connectivity index (χ4v) is 0.998. The van der Waals surface area contributed by atoms with Gasteiger partial charge in [-0.25, -0.2) is 0 Å². The van der Waals surface area contributed by atoms with E-state index in [4.69, 9.17) is 15.0 Å². The molecule has 1 aromatic heterocycles. The molecule has 5 nitrogen and oxygen atoms in total. The van der Waals surface area contributed by atoms with E-state index in [1.165, 1.54) is 0 Å². The van der Waals surface area contributed by atoms with Gasteiger partial charge < -0.3 is 15.0 Å². The van der Waals surface area contributed by atoms with E-state index in [9.17, 15) is 0 Å². The molecule has 0 aliphatic heterocycles. The van der Waals surface area contributed by atoms with Crippen molar-refractivity contribution < 1.29 is 9.26 Å². The van der Waals surface area contributed by atoms with Crippen LogP contribution in [0.2, 0.25) is 0 Å². The zero-order chi connectivity index (χ0) is 11.5. The van der Waals surface area contributed by atoms with Crippen LogP contribution in [-0.2, 0) is 17.8 Å². The van der Waals surface area contributed by atoms with Crippen LogP contribution in [0.3, 0.4) is 0 Å². The summed E-state index contributed by atoms with van der Waals surface area (Å²) in [7, 11) is 0. The van der Waals surface area contributed by atoms with Gasteiger partial charge in [0.1, 0.15) is 6.61 Å². The third-order valence-corrected chi connectivity index (χ3v) is 1.64. The first-order chi connectivity index (χ1) is 6.87. The minimum Gasteiger partial charge on any atom is -0.366 e. The van der Waals surface area contributed by atoms with Crippen molar-refractivity contribution in [3.05, 3.63) is 11.7 Å². The first kappa shape index (κ1) is 12.1. The largest absolute Gasteiger partial charge is 0.366 e. The van der Waals surface area contributed by atoms with Crippen LogP contribution < -0.4 is 5.73 Å². The predicted molar refractivity (Wildman–Crippen MR) is 56.2 cm³/mol. The average Bonchev–Trinajstić information content (AvgIpc) is 2.46. The summed E-state index contributed by atoms with van der Waals surface area (Å²) in [6.07, 6.45) is 0.624. The second kappa shape index (κ2) is 4.72. The summed E-state index contributed by atoms with van der Waals surface area (Å²) in [6, 6.07) is 0.0407. The molecule has 15 heavy (non-hydrogen) atoms. The third-order valence-electron chi connectivity index (χ3n) is 1.64. The van der Waals surface area contributed by atoms with Crippen LogP contribution in [0.4, 0.5) is 0 Å². The van der Waals surface area contributed by atoms with E-state index in [-0.39, 0.29) is 11.6 Å². The maximum atomic E-state index is 5.62. The van der Waals surface area contributed by atoms with Gasteiger partial charge >= 0.3 is 0 Å². The van der Waals surface area contributed by atoms with Crippen molar-refractivity contribution in [1.29, 1.82) is 0 Å². The van der Waals surface area contributed by atoms with E-state index in [0.29, 0.717) is 24.7 Å². The van der Waals surface area contributed by atoms with E-state index in [1.807, 2.05) is 27.7 Å². The molecule has 1 unspecified atom stereocenters. The summed E-state index contributed by atoms with van der Waals surface area (Å²) in [5, 5.41) is 3.81. The molecule has 1 atom stereocenters. The molecule has 0 saturated heterocycles. The molecule has 0 radical (unpaired) electrons. The van der Waals surface area contributed by atoms with Crippen molar-refractivity contribution in [2.24, 2.45) is 5.73 Å². The van der Waals surface area contributed by atoms with Crippen LogP contribution in [0.25, 0.3) is 0 Å². The highest BCUT2D eigenvalue weighted by Gasteiger charge is 2.14. The van der Waals surface area contributed by atoms with Crippen molar-refractivity contribution in [3.8, 4) is 0 Å². The summed E-state index contributed by atoms with van der Waals surface area (Å²) < 4.78 is 10.5. The molecule has 0 aliphatic rings. The van der Waals surface area contributed by atoms with E-state index in [2.05, 4.69) is 10.1 Å². The van der Waals surface area contributed by atoms with Gasteiger partial charge in [0.25, 0.3) is 5.89 Å². The number of nitrogens with two attached hydrogens (primary N) is 1. The Morgan fingerprint density at radius 2 is 2.13 bits per heavy atom. The minimum atomic E-state index is -0.199. The lowest BCUT2D eigenvalue weighted by Gasteiger charge is -2.17. The van der Waals surface area contributed by atoms with Crippen molar-refractivity contribution >= 4 is 0 Å². The Balaban J connectivity index is 2.46. The normalized spacial score (nSPS) is 14.2. The highest BCUT2D eigenvalue weighted by Crippen LogP contribution is 2.10. The smallest absolute Gasteiger partial charge is 0.252 e. The van der Waals surface area contributed by atoms with Gasteiger partial charge in [-0.05, 0) is 27.7 Å². The molecular formula is C10H19N3O2. The summed E-state index contributed by atoms with van der Waals surface area (Å²) in [5.74, 6) is 1.14. The molecule has 0 amide bonds. The predicted octanol–water partition coefficient (Wildman–Crippen LogP) is 1.27. The van der Waals surface area contributed by atoms with Gasteiger partial charge in [-0.2, -0.15) is 4.98 Å². The summed E-state index contributed by atoms with van der Waals surface area (Å²) in [5.41, 5.74) is 5.43. The highest BCUT2D eigenvalue weighted by atomic mass is 16.5. The molecule has 0 spiro atoms. The molecule has 5 heteroatoms. The molecule has 1 aromatic rings. The Morgan fingerprint density at radius 3 is 2.67 bits per heavy atom. The van der Waals surface area contributed by atoms with Crippen molar-refractivity contribution in [3.63, 3.8) is 0 Å².